The van der Waals surface area contributed by atoms with Crippen molar-refractivity contribution in [3.63, 3.8) is 0 Å². The molecule has 1 fully saturated rings. The molecule has 0 spiro atoms. The van der Waals surface area contributed by atoms with Crippen molar-refractivity contribution in [3.8, 4) is 5.75 Å². The molecule has 0 saturated heterocycles. The highest BCUT2D eigenvalue weighted by Gasteiger charge is 2.28. The number of anilines is 1. The first-order valence-corrected chi connectivity index (χ1v) is 9.98. The number of nitrogens with zero attached hydrogens (tertiary/aromatic N) is 1. The molecule has 0 unspecified atom stereocenters. The molecule has 1 aliphatic carbocycles. The minimum atomic E-state index is -0.517. The van der Waals surface area contributed by atoms with E-state index in [4.69, 9.17) is 9.47 Å². The van der Waals surface area contributed by atoms with Gasteiger partial charge in [-0.2, -0.15) is 0 Å². The van der Waals surface area contributed by atoms with Crippen molar-refractivity contribution in [2.24, 2.45) is 5.92 Å². The highest BCUT2D eigenvalue weighted by Crippen LogP contribution is 2.29. The zero-order chi connectivity index (χ0) is 21.0. The van der Waals surface area contributed by atoms with E-state index in [2.05, 4.69) is 15.6 Å². The lowest BCUT2D eigenvalue weighted by Crippen LogP contribution is -2.42. The lowest BCUT2D eigenvalue weighted by molar-refractivity contribution is -0.120. The maximum Gasteiger partial charge on any atom is 0.407 e. The minimum Gasteiger partial charge on any atom is -0.497 e. The van der Waals surface area contributed by atoms with Crippen LogP contribution in [0.1, 0.15) is 46.5 Å². The van der Waals surface area contributed by atoms with E-state index in [0.717, 1.165) is 48.0 Å². The van der Waals surface area contributed by atoms with Crippen molar-refractivity contribution in [1.82, 2.24) is 10.3 Å². The highest BCUT2D eigenvalue weighted by molar-refractivity contribution is 6.02. The summed E-state index contributed by atoms with van der Waals surface area (Å²) in [6.45, 7) is 5.52. The first kappa shape index (κ1) is 20.9. The number of carbonyl (C=O) groups excluding carboxylic acids is 2. The van der Waals surface area contributed by atoms with E-state index in [0.29, 0.717) is 0 Å². The Bertz CT molecular complexity index is 883. The van der Waals surface area contributed by atoms with Crippen LogP contribution in [-0.4, -0.2) is 35.7 Å². The first-order valence-electron chi connectivity index (χ1n) is 9.98. The van der Waals surface area contributed by atoms with Crippen LogP contribution in [0.4, 0.5) is 10.5 Å². The molecular weight excluding hydrogens is 370 g/mol. The second-order valence-corrected chi connectivity index (χ2v) is 8.43. The molecule has 1 aliphatic rings. The van der Waals surface area contributed by atoms with Gasteiger partial charge in [0.25, 0.3) is 0 Å². The van der Waals surface area contributed by atoms with Crippen LogP contribution in [0.3, 0.4) is 0 Å². The van der Waals surface area contributed by atoms with Gasteiger partial charge >= 0.3 is 6.09 Å². The Morgan fingerprint density at radius 1 is 1.10 bits per heavy atom. The number of amides is 2. The van der Waals surface area contributed by atoms with Crippen LogP contribution in [0.25, 0.3) is 10.9 Å². The van der Waals surface area contributed by atoms with Crippen molar-refractivity contribution in [2.45, 2.75) is 58.1 Å². The molecule has 2 amide bonds. The largest absolute Gasteiger partial charge is 0.497 e. The number of carbonyl (C=O) groups is 2. The topological polar surface area (TPSA) is 89.5 Å². The number of fused-ring (bicyclic) bond motifs is 1. The van der Waals surface area contributed by atoms with E-state index in [9.17, 15) is 9.59 Å². The highest BCUT2D eigenvalue weighted by atomic mass is 16.6. The maximum absolute atomic E-state index is 12.8. The van der Waals surface area contributed by atoms with E-state index in [1.54, 1.807) is 19.4 Å². The Morgan fingerprint density at radius 3 is 2.48 bits per heavy atom. The van der Waals surface area contributed by atoms with E-state index in [1.807, 2.05) is 39.0 Å². The van der Waals surface area contributed by atoms with Crippen LogP contribution in [0.15, 0.2) is 30.5 Å². The van der Waals surface area contributed by atoms with Crippen molar-refractivity contribution in [3.05, 3.63) is 30.5 Å². The van der Waals surface area contributed by atoms with Gasteiger partial charge in [-0.15, -0.1) is 0 Å². The molecule has 29 heavy (non-hydrogen) atoms. The fourth-order valence-corrected chi connectivity index (χ4v) is 3.57. The van der Waals surface area contributed by atoms with E-state index in [-0.39, 0.29) is 17.9 Å². The summed E-state index contributed by atoms with van der Waals surface area (Å²) in [4.78, 5) is 29.1. The Hall–Kier alpha value is -2.83. The van der Waals surface area contributed by atoms with Crippen molar-refractivity contribution >= 4 is 28.6 Å². The number of aromatic nitrogens is 1. The Morgan fingerprint density at radius 2 is 1.83 bits per heavy atom. The van der Waals surface area contributed by atoms with Crippen LogP contribution in [0.2, 0.25) is 0 Å². The van der Waals surface area contributed by atoms with Gasteiger partial charge in [-0.3, -0.25) is 9.78 Å². The van der Waals surface area contributed by atoms with Crippen LogP contribution >= 0.6 is 0 Å². The summed E-state index contributed by atoms with van der Waals surface area (Å²) in [5, 5.41) is 6.80. The molecule has 7 nitrogen and oxygen atoms in total. The molecule has 1 aromatic heterocycles. The second kappa shape index (κ2) is 8.68. The number of alkyl carbamates (subject to hydrolysis) is 1. The Kier molecular flexibility index (Phi) is 6.25. The zero-order valence-electron chi connectivity index (χ0n) is 17.5. The smallest absolute Gasteiger partial charge is 0.407 e. The molecule has 1 aromatic carbocycles. The van der Waals surface area contributed by atoms with Crippen molar-refractivity contribution in [2.75, 3.05) is 12.4 Å². The number of hydrogen-bond acceptors (Lipinski definition) is 5. The third kappa shape index (κ3) is 5.59. The van der Waals surface area contributed by atoms with E-state index in [1.165, 1.54) is 0 Å². The number of pyridine rings is 1. The fraction of sp³-hybridized carbons (Fsp3) is 0.500. The number of rotatable bonds is 4. The summed E-state index contributed by atoms with van der Waals surface area (Å²) in [5.41, 5.74) is 1.01. The van der Waals surface area contributed by atoms with Gasteiger partial charge in [-0.1, -0.05) is 0 Å². The molecule has 3 rings (SSSR count). The minimum absolute atomic E-state index is 0.00367. The van der Waals surface area contributed by atoms with Crippen molar-refractivity contribution < 1.29 is 19.1 Å². The van der Waals surface area contributed by atoms with Crippen LogP contribution in [0.5, 0.6) is 5.75 Å². The summed E-state index contributed by atoms with van der Waals surface area (Å²) in [7, 11) is 1.61. The van der Waals surface area contributed by atoms with Gasteiger partial charge < -0.3 is 20.1 Å². The van der Waals surface area contributed by atoms with Gasteiger partial charge in [-0.05, 0) is 70.7 Å². The summed E-state index contributed by atoms with van der Waals surface area (Å²) in [5.74, 6) is 0.631. The monoisotopic (exact) mass is 399 g/mol. The van der Waals surface area contributed by atoms with E-state index < -0.39 is 11.7 Å². The zero-order valence-corrected chi connectivity index (χ0v) is 17.5. The molecule has 0 bridgehead atoms. The lowest BCUT2D eigenvalue weighted by atomic mass is 9.85. The number of benzene rings is 1. The SMILES string of the molecule is COc1ccc2nccc(NC(=O)C3CCC(NC(=O)OC(C)(C)C)CC3)c2c1. The van der Waals surface area contributed by atoms with Crippen LogP contribution in [-0.2, 0) is 9.53 Å². The Balaban J connectivity index is 1.58. The molecule has 0 aliphatic heterocycles. The predicted molar refractivity (Wildman–Crippen MR) is 112 cm³/mol. The first-order chi connectivity index (χ1) is 13.7. The molecule has 0 atom stereocenters. The molecular formula is C22H29N3O4. The molecule has 0 radical (unpaired) electrons. The van der Waals surface area contributed by atoms with Gasteiger partial charge in [-0.25, -0.2) is 4.79 Å². The average Bonchev–Trinajstić information content (AvgIpc) is 2.67. The average molecular weight is 399 g/mol. The van der Waals surface area contributed by atoms with Gasteiger partial charge in [0.15, 0.2) is 0 Å². The van der Waals surface area contributed by atoms with Gasteiger partial charge in [0.1, 0.15) is 11.4 Å². The molecule has 1 saturated carbocycles. The summed E-state index contributed by atoms with van der Waals surface area (Å²) >= 11 is 0. The summed E-state index contributed by atoms with van der Waals surface area (Å²) < 4.78 is 10.6. The normalized spacial score (nSPS) is 19.4. The molecule has 7 heteroatoms. The number of methoxy groups -OCH3 is 1. The third-order valence-corrected chi connectivity index (χ3v) is 5.03. The second-order valence-electron chi connectivity index (χ2n) is 8.43. The number of ether oxygens (including phenoxy) is 2. The van der Waals surface area contributed by atoms with E-state index >= 15 is 0 Å². The Labute approximate surface area is 171 Å². The summed E-state index contributed by atoms with van der Waals surface area (Å²) in [6, 6.07) is 7.44. The fourth-order valence-electron chi connectivity index (χ4n) is 3.57. The molecule has 1 heterocycles. The van der Waals surface area contributed by atoms with Gasteiger partial charge in [0, 0.05) is 23.5 Å². The van der Waals surface area contributed by atoms with Gasteiger partial charge in [0.05, 0.1) is 18.3 Å². The number of nitrogens with one attached hydrogen (secondary N) is 2. The maximum atomic E-state index is 12.8. The predicted octanol–water partition coefficient (Wildman–Crippen LogP) is 4.27. The standard InChI is InChI=1S/C22H29N3O4/c1-22(2,3)29-21(27)24-15-7-5-14(6-8-15)20(26)25-19-11-12-23-18-10-9-16(28-4)13-17(18)19/h9-15H,5-8H2,1-4H3,(H,24,27)(H,23,25,26). The lowest BCUT2D eigenvalue weighted by Gasteiger charge is -2.29. The third-order valence-electron chi connectivity index (χ3n) is 5.03. The van der Waals surface area contributed by atoms with Crippen molar-refractivity contribution in [1.29, 1.82) is 0 Å². The van der Waals surface area contributed by atoms with Gasteiger partial charge in [0.2, 0.25) is 5.91 Å². The molecule has 2 aromatic rings. The molecule has 2 N–H and O–H groups in total. The summed E-state index contributed by atoms with van der Waals surface area (Å²) in [6.07, 6.45) is 4.23. The number of hydrogen-bond donors (Lipinski definition) is 2. The quantitative estimate of drug-likeness (QED) is 0.802. The van der Waals surface area contributed by atoms with Crippen LogP contribution < -0.4 is 15.4 Å². The molecule has 156 valence electrons. The van der Waals surface area contributed by atoms with Crippen LogP contribution in [0, 0.1) is 5.92 Å².